The fourth-order valence-electron chi connectivity index (χ4n) is 1.99. The summed E-state index contributed by atoms with van der Waals surface area (Å²) in [5.74, 6) is 0. The molecule has 1 aromatic rings. The lowest BCUT2D eigenvalue weighted by molar-refractivity contribution is -0.214. The lowest BCUT2D eigenvalue weighted by Crippen LogP contribution is -2.59. The van der Waals surface area contributed by atoms with Crippen molar-refractivity contribution < 1.29 is 28.5 Å². The summed E-state index contributed by atoms with van der Waals surface area (Å²) < 4.78 is 31.5. The zero-order valence-electron chi connectivity index (χ0n) is 10.7. The number of aliphatic hydroxyl groups is 3. The molecule has 0 aliphatic carbocycles. The van der Waals surface area contributed by atoms with E-state index in [0.29, 0.717) is 0 Å². The van der Waals surface area contributed by atoms with E-state index in [0.717, 1.165) is 0 Å². The quantitative estimate of drug-likeness (QED) is 0.559. The van der Waals surface area contributed by atoms with Gasteiger partial charge in [-0.15, -0.1) is 0 Å². The molecule has 20 heavy (non-hydrogen) atoms. The van der Waals surface area contributed by atoms with Crippen LogP contribution < -0.4 is 4.72 Å². The highest BCUT2D eigenvalue weighted by atomic mass is 32.2. The molecule has 1 fully saturated rings. The third kappa shape index (κ3) is 3.19. The Morgan fingerprint density at radius 3 is 2.60 bits per heavy atom. The van der Waals surface area contributed by atoms with Crippen LogP contribution in [0.5, 0.6) is 0 Å². The first-order valence-electron chi connectivity index (χ1n) is 6.04. The molecule has 0 spiro atoms. The number of sulfonamides is 1. The van der Waals surface area contributed by atoms with Crippen LogP contribution in [0, 0.1) is 0 Å². The Hall–Kier alpha value is -0.550. The normalized spacial score (nSPS) is 35.1. The van der Waals surface area contributed by atoms with Crippen LogP contribution in [0.15, 0.2) is 21.7 Å². The SMILES string of the molecule is C[C@@H]1O[C@H](CNS(=O)(=O)c2ccsc2)[C@@H](O)[C@H](O)[C@@H]1O. The lowest BCUT2D eigenvalue weighted by atomic mass is 9.96. The molecule has 0 amide bonds. The standard InChI is InChI=1S/C11H17NO6S2/c1-6-9(13)11(15)10(14)8(18-6)4-12-20(16,17)7-2-3-19-5-7/h2-3,5-6,8-15H,4H2,1H3/t6-,8+,9+,10+,11+/m0/s1. The van der Waals surface area contributed by atoms with Gasteiger partial charge < -0.3 is 20.1 Å². The second-order valence-corrected chi connectivity index (χ2v) is 7.21. The van der Waals surface area contributed by atoms with Crippen molar-refractivity contribution in [3.8, 4) is 0 Å². The van der Waals surface area contributed by atoms with E-state index in [9.17, 15) is 23.7 Å². The van der Waals surface area contributed by atoms with Crippen molar-refractivity contribution in [1.29, 1.82) is 0 Å². The first-order chi connectivity index (χ1) is 9.33. The smallest absolute Gasteiger partial charge is 0.241 e. The van der Waals surface area contributed by atoms with E-state index in [-0.39, 0.29) is 11.4 Å². The Kier molecular flexibility index (Phi) is 4.80. The van der Waals surface area contributed by atoms with Crippen LogP contribution in [0.2, 0.25) is 0 Å². The van der Waals surface area contributed by atoms with E-state index in [4.69, 9.17) is 4.74 Å². The minimum absolute atomic E-state index is 0.140. The van der Waals surface area contributed by atoms with Gasteiger partial charge >= 0.3 is 0 Å². The van der Waals surface area contributed by atoms with Crippen molar-refractivity contribution in [2.45, 2.75) is 42.3 Å². The first kappa shape index (κ1) is 15.8. The Balaban J connectivity index is 2.00. The lowest BCUT2D eigenvalue weighted by Gasteiger charge is -2.39. The molecule has 1 aliphatic rings. The summed E-state index contributed by atoms with van der Waals surface area (Å²) >= 11 is 1.26. The molecule has 114 valence electrons. The van der Waals surface area contributed by atoms with Gasteiger partial charge in [0.2, 0.25) is 10.0 Å². The number of nitrogens with one attached hydrogen (secondary N) is 1. The molecule has 1 aromatic heterocycles. The number of ether oxygens (including phenoxy) is 1. The van der Waals surface area contributed by atoms with Gasteiger partial charge in [-0.05, 0) is 18.4 Å². The zero-order valence-corrected chi connectivity index (χ0v) is 12.3. The average Bonchev–Trinajstić information content (AvgIpc) is 2.94. The molecule has 7 nitrogen and oxygen atoms in total. The maximum absolute atomic E-state index is 11.9. The topological polar surface area (TPSA) is 116 Å². The average molecular weight is 323 g/mol. The third-order valence-corrected chi connectivity index (χ3v) is 5.48. The highest BCUT2D eigenvalue weighted by molar-refractivity contribution is 7.89. The van der Waals surface area contributed by atoms with Crippen LogP contribution in [-0.2, 0) is 14.8 Å². The fourth-order valence-corrected chi connectivity index (χ4v) is 4.06. The highest BCUT2D eigenvalue weighted by Crippen LogP contribution is 2.21. The monoisotopic (exact) mass is 323 g/mol. The first-order valence-corrected chi connectivity index (χ1v) is 8.47. The molecule has 4 N–H and O–H groups in total. The molecule has 5 atom stereocenters. The Morgan fingerprint density at radius 2 is 2.00 bits per heavy atom. The van der Waals surface area contributed by atoms with E-state index in [1.807, 2.05) is 0 Å². The van der Waals surface area contributed by atoms with Crippen molar-refractivity contribution in [3.63, 3.8) is 0 Å². The molecule has 0 aromatic carbocycles. The summed E-state index contributed by atoms with van der Waals surface area (Å²) in [5.41, 5.74) is 0. The summed E-state index contributed by atoms with van der Waals surface area (Å²) in [5, 5.41) is 32.1. The molecule has 9 heteroatoms. The largest absolute Gasteiger partial charge is 0.388 e. The van der Waals surface area contributed by atoms with Gasteiger partial charge in [0, 0.05) is 11.9 Å². The van der Waals surface area contributed by atoms with E-state index >= 15 is 0 Å². The molecular weight excluding hydrogens is 306 g/mol. The number of hydrogen-bond donors (Lipinski definition) is 4. The predicted molar refractivity (Wildman–Crippen MR) is 71.9 cm³/mol. The van der Waals surface area contributed by atoms with Crippen LogP contribution in [0.1, 0.15) is 6.92 Å². The van der Waals surface area contributed by atoms with Crippen LogP contribution in [-0.4, -0.2) is 60.8 Å². The molecule has 0 unspecified atom stereocenters. The van der Waals surface area contributed by atoms with Crippen molar-refractivity contribution >= 4 is 21.4 Å². The minimum atomic E-state index is -3.66. The predicted octanol–water partition coefficient (Wildman–Crippen LogP) is -1.10. The minimum Gasteiger partial charge on any atom is -0.388 e. The van der Waals surface area contributed by atoms with Crippen LogP contribution in [0.25, 0.3) is 0 Å². The van der Waals surface area contributed by atoms with Crippen molar-refractivity contribution in [1.82, 2.24) is 4.72 Å². The van der Waals surface area contributed by atoms with Gasteiger partial charge in [0.05, 0.1) is 11.0 Å². The summed E-state index contributed by atoms with van der Waals surface area (Å²) in [6.45, 7) is 1.35. The second-order valence-electron chi connectivity index (χ2n) is 4.66. The van der Waals surface area contributed by atoms with Crippen molar-refractivity contribution in [2.24, 2.45) is 0 Å². The number of hydrogen-bond acceptors (Lipinski definition) is 7. The van der Waals surface area contributed by atoms with Gasteiger partial charge in [0.25, 0.3) is 0 Å². The summed E-state index contributed by atoms with van der Waals surface area (Å²) in [6, 6.07) is 1.46. The van der Waals surface area contributed by atoms with Crippen LogP contribution in [0.4, 0.5) is 0 Å². The fraction of sp³-hybridized carbons (Fsp3) is 0.636. The second kappa shape index (κ2) is 6.06. The van der Waals surface area contributed by atoms with Crippen LogP contribution >= 0.6 is 11.3 Å². The molecule has 0 bridgehead atoms. The summed E-state index contributed by atoms with van der Waals surface area (Å²) in [6.07, 6.45) is -5.53. The molecular formula is C11H17NO6S2. The maximum atomic E-state index is 11.9. The Morgan fingerprint density at radius 1 is 1.30 bits per heavy atom. The highest BCUT2D eigenvalue weighted by Gasteiger charge is 2.41. The molecule has 0 radical (unpaired) electrons. The van der Waals surface area contributed by atoms with Gasteiger partial charge in [-0.2, -0.15) is 11.3 Å². The van der Waals surface area contributed by atoms with Gasteiger partial charge in [0.15, 0.2) is 0 Å². The van der Waals surface area contributed by atoms with Crippen molar-refractivity contribution in [3.05, 3.63) is 16.8 Å². The number of thiophene rings is 1. The van der Waals surface area contributed by atoms with Gasteiger partial charge in [-0.3, -0.25) is 0 Å². The van der Waals surface area contributed by atoms with E-state index in [2.05, 4.69) is 4.72 Å². The summed E-state index contributed by atoms with van der Waals surface area (Å²) in [4.78, 5) is 0.140. The Labute approximate surface area is 120 Å². The molecule has 1 saturated heterocycles. The zero-order chi connectivity index (χ0) is 14.9. The molecule has 2 rings (SSSR count). The molecule has 2 heterocycles. The van der Waals surface area contributed by atoms with E-state index < -0.39 is 40.5 Å². The molecule has 0 saturated carbocycles. The number of aliphatic hydroxyl groups excluding tert-OH is 3. The molecule has 1 aliphatic heterocycles. The van der Waals surface area contributed by atoms with E-state index in [1.165, 1.54) is 22.8 Å². The van der Waals surface area contributed by atoms with Crippen LogP contribution in [0.3, 0.4) is 0 Å². The van der Waals surface area contributed by atoms with Gasteiger partial charge in [0.1, 0.15) is 24.4 Å². The van der Waals surface area contributed by atoms with E-state index in [1.54, 1.807) is 12.3 Å². The maximum Gasteiger partial charge on any atom is 0.241 e. The van der Waals surface area contributed by atoms with Gasteiger partial charge in [-0.25, -0.2) is 13.1 Å². The van der Waals surface area contributed by atoms with Crippen molar-refractivity contribution in [2.75, 3.05) is 6.54 Å². The third-order valence-electron chi connectivity index (χ3n) is 3.23. The number of rotatable bonds is 4. The Bertz CT molecular complexity index is 531. The van der Waals surface area contributed by atoms with Gasteiger partial charge in [-0.1, -0.05) is 0 Å². The summed E-state index contributed by atoms with van der Waals surface area (Å²) in [7, 11) is -3.66.